The number of hydrogen-bond donors (Lipinski definition) is 0. The van der Waals surface area contributed by atoms with E-state index in [4.69, 9.17) is 0 Å². The topological polar surface area (TPSA) is 95.6 Å². The molecule has 0 bridgehead atoms. The van der Waals surface area contributed by atoms with Crippen molar-refractivity contribution in [3.63, 3.8) is 0 Å². The van der Waals surface area contributed by atoms with Crippen LogP contribution >= 0.6 is 0 Å². The van der Waals surface area contributed by atoms with Gasteiger partial charge in [0.15, 0.2) is 6.17 Å². The summed E-state index contributed by atoms with van der Waals surface area (Å²) in [6.45, 7) is 1.42. The normalized spacial score (nSPS) is 12.2. The van der Waals surface area contributed by atoms with Gasteiger partial charge in [-0.1, -0.05) is 0 Å². The number of rotatable bonds is 2. The molecule has 0 rings (SSSR count). The summed E-state index contributed by atoms with van der Waals surface area (Å²) in [5, 5.41) is 28.7. The summed E-state index contributed by atoms with van der Waals surface area (Å²) in [5.41, 5.74) is 0. The molecule has 0 radical (unpaired) electrons. The largest absolute Gasteiger partial charge is 0.775 e. The van der Waals surface area contributed by atoms with Crippen molar-refractivity contribution in [1.82, 2.24) is 0 Å². The lowest BCUT2D eigenvalue weighted by molar-refractivity contribution is 0.703. The van der Waals surface area contributed by atoms with Crippen LogP contribution in [0.4, 0.5) is 0 Å². The second-order valence-electron chi connectivity index (χ2n) is 1.03. The first-order chi connectivity index (χ1) is 3.81. The van der Waals surface area contributed by atoms with Gasteiger partial charge in [-0.15, -0.1) is 0 Å². The van der Waals surface area contributed by atoms with Gasteiger partial charge in [0.25, 0.3) is 0 Å². The zero-order valence-corrected chi connectivity index (χ0v) is 4.18. The molecule has 0 heterocycles. The van der Waals surface area contributed by atoms with Gasteiger partial charge in [-0.25, -0.2) is 10.6 Å². The Kier molecular flexibility index (Phi) is 3.38. The van der Waals surface area contributed by atoms with E-state index in [0.717, 1.165) is 0 Å². The summed E-state index contributed by atoms with van der Waals surface area (Å²) >= 11 is 0. The van der Waals surface area contributed by atoms with Gasteiger partial charge in [0.05, 0.1) is 0 Å². The van der Waals surface area contributed by atoms with Crippen LogP contribution in [0.15, 0.2) is 20.8 Å². The molecule has 6 heteroatoms. The lowest BCUT2D eigenvalue weighted by Crippen LogP contribution is -1.86. The molecule has 0 N–H and O–H groups in total. The second-order valence-corrected chi connectivity index (χ2v) is 1.03. The zero-order valence-electron chi connectivity index (χ0n) is 4.18. The Hall–Kier alpha value is -1.20. The van der Waals surface area contributed by atoms with Gasteiger partial charge in [0, 0.05) is 0 Å². The molecular formula is C2H4N4O2-2. The Morgan fingerprint density at radius 1 is 1.12 bits per heavy atom. The first kappa shape index (κ1) is 6.80. The molecular weight excluding hydrogens is 112 g/mol. The minimum Gasteiger partial charge on any atom is -0.775 e. The van der Waals surface area contributed by atoms with Crippen LogP contribution in [0.25, 0.3) is 0 Å². The molecule has 0 fully saturated rings. The first-order valence-electron chi connectivity index (χ1n) is 1.86. The molecule has 0 aliphatic carbocycles. The monoisotopic (exact) mass is 116 g/mol. The van der Waals surface area contributed by atoms with Gasteiger partial charge in [-0.3, -0.25) is 0 Å². The van der Waals surface area contributed by atoms with E-state index in [2.05, 4.69) is 20.8 Å². The lowest BCUT2D eigenvalue weighted by atomic mass is 10.7. The Labute approximate surface area is 45.5 Å². The van der Waals surface area contributed by atoms with E-state index in [-0.39, 0.29) is 0 Å². The lowest BCUT2D eigenvalue weighted by Gasteiger charge is -1.96. The molecule has 8 heavy (non-hydrogen) atoms. The molecule has 0 aromatic heterocycles. The van der Waals surface area contributed by atoms with Crippen molar-refractivity contribution in [3.8, 4) is 0 Å². The molecule has 46 valence electrons. The van der Waals surface area contributed by atoms with Crippen molar-refractivity contribution in [2.45, 2.75) is 13.1 Å². The minimum absolute atomic E-state index is 0.745. The van der Waals surface area contributed by atoms with E-state index in [9.17, 15) is 10.4 Å². The van der Waals surface area contributed by atoms with Gasteiger partial charge in [0.1, 0.15) is 0 Å². The molecule has 0 aromatic rings. The Morgan fingerprint density at radius 3 is 1.75 bits per heavy atom. The smallest absolute Gasteiger partial charge is 0.177 e. The Balaban J connectivity index is 3.47. The Bertz CT molecular complexity index is 88.2. The highest BCUT2D eigenvalue weighted by atomic mass is 16.5. The van der Waals surface area contributed by atoms with Gasteiger partial charge in [-0.2, -0.15) is 10.2 Å². The maximum atomic E-state index is 9.27. The summed E-state index contributed by atoms with van der Waals surface area (Å²) in [6.07, 6.45) is -0.745. The summed E-state index contributed by atoms with van der Waals surface area (Å²) in [7, 11) is 0. The molecule has 0 spiro atoms. The molecule has 6 nitrogen and oxygen atoms in total. The Morgan fingerprint density at radius 2 is 1.50 bits per heavy atom. The third-order valence-corrected chi connectivity index (χ3v) is 0.429. The van der Waals surface area contributed by atoms with Gasteiger partial charge < -0.3 is 10.4 Å². The minimum atomic E-state index is -0.745. The third-order valence-electron chi connectivity index (χ3n) is 0.429. The van der Waals surface area contributed by atoms with Crippen molar-refractivity contribution >= 4 is 0 Å². The van der Waals surface area contributed by atoms with Crippen molar-refractivity contribution in [1.29, 1.82) is 0 Å². The van der Waals surface area contributed by atoms with Gasteiger partial charge in [-0.05, 0) is 6.92 Å². The fourth-order valence-corrected chi connectivity index (χ4v) is 0.160. The highest BCUT2D eigenvalue weighted by Crippen LogP contribution is 1.91. The molecule has 0 aromatic carbocycles. The van der Waals surface area contributed by atoms with Crippen LogP contribution in [0.1, 0.15) is 6.92 Å². The third kappa shape index (κ3) is 3.01. The van der Waals surface area contributed by atoms with Gasteiger partial charge in [0.2, 0.25) is 0 Å². The number of nitrogens with zero attached hydrogens (tertiary/aromatic N) is 4. The van der Waals surface area contributed by atoms with E-state index < -0.39 is 6.17 Å². The highest BCUT2D eigenvalue weighted by Gasteiger charge is 1.86. The average molecular weight is 116 g/mol. The van der Waals surface area contributed by atoms with Crippen molar-refractivity contribution < 1.29 is 0 Å². The maximum absolute atomic E-state index is 9.27. The SMILES string of the molecule is CC(/N=N/[O-])/N=N/[O-]. The summed E-state index contributed by atoms with van der Waals surface area (Å²) in [4.78, 5) is 0. The van der Waals surface area contributed by atoms with Crippen molar-refractivity contribution in [2.24, 2.45) is 20.8 Å². The molecule has 0 aliphatic heterocycles. The fraction of sp³-hybridized carbons (Fsp3) is 1.00. The fourth-order valence-electron chi connectivity index (χ4n) is 0.160. The van der Waals surface area contributed by atoms with E-state index in [0.29, 0.717) is 0 Å². The number of hydrogen-bond acceptors (Lipinski definition) is 6. The van der Waals surface area contributed by atoms with Crippen LogP contribution < -0.4 is 0 Å². The quantitative estimate of drug-likeness (QED) is 0.400. The second kappa shape index (κ2) is 3.97. The standard InChI is InChI=1S/C2H6N4O2/c1-2(3-5-7)4-6-8/h2H,1H3,(H,3,7)(H,4,8)/p-2. The summed E-state index contributed by atoms with van der Waals surface area (Å²) in [6, 6.07) is 0. The molecule has 0 aliphatic rings. The molecule has 0 atom stereocenters. The predicted octanol–water partition coefficient (Wildman–Crippen LogP) is 1.23. The summed E-state index contributed by atoms with van der Waals surface area (Å²) < 4.78 is 0. The maximum Gasteiger partial charge on any atom is 0.177 e. The van der Waals surface area contributed by atoms with E-state index in [1.165, 1.54) is 6.92 Å². The van der Waals surface area contributed by atoms with Crippen LogP contribution in [0, 0.1) is 10.4 Å². The molecule has 0 amide bonds. The highest BCUT2D eigenvalue weighted by molar-refractivity contribution is 4.48. The average Bonchev–Trinajstić information content (AvgIpc) is 1.68. The molecule has 0 unspecified atom stereocenters. The zero-order chi connectivity index (χ0) is 6.41. The van der Waals surface area contributed by atoms with Crippen LogP contribution in [0.2, 0.25) is 0 Å². The predicted molar refractivity (Wildman–Crippen MR) is 25.9 cm³/mol. The van der Waals surface area contributed by atoms with Crippen LogP contribution in [0.5, 0.6) is 0 Å². The van der Waals surface area contributed by atoms with Crippen LogP contribution in [-0.4, -0.2) is 6.17 Å². The van der Waals surface area contributed by atoms with E-state index >= 15 is 0 Å². The van der Waals surface area contributed by atoms with E-state index in [1.54, 1.807) is 0 Å². The first-order valence-corrected chi connectivity index (χ1v) is 1.86. The van der Waals surface area contributed by atoms with Crippen molar-refractivity contribution in [3.05, 3.63) is 10.4 Å². The van der Waals surface area contributed by atoms with Crippen LogP contribution in [0.3, 0.4) is 0 Å². The molecule has 0 saturated heterocycles. The van der Waals surface area contributed by atoms with Crippen molar-refractivity contribution in [2.75, 3.05) is 0 Å². The molecule has 0 saturated carbocycles. The van der Waals surface area contributed by atoms with Crippen LogP contribution in [-0.2, 0) is 0 Å². The van der Waals surface area contributed by atoms with Gasteiger partial charge >= 0.3 is 0 Å². The van der Waals surface area contributed by atoms with E-state index in [1.807, 2.05) is 0 Å². The summed E-state index contributed by atoms with van der Waals surface area (Å²) in [5.74, 6) is 0.